The Balaban J connectivity index is 1.30. The molecule has 0 atom stereocenters. The summed E-state index contributed by atoms with van der Waals surface area (Å²) in [6.45, 7) is 3.16. The molecule has 0 amide bonds. The van der Waals surface area contributed by atoms with Crippen LogP contribution in [0.5, 0.6) is 5.75 Å². The molecule has 0 spiro atoms. The summed E-state index contributed by atoms with van der Waals surface area (Å²) < 4.78 is 7.96. The molecule has 1 saturated carbocycles. The van der Waals surface area contributed by atoms with Crippen LogP contribution in [-0.2, 0) is 6.54 Å². The second kappa shape index (κ2) is 6.89. The molecule has 1 aromatic heterocycles. The first-order chi connectivity index (χ1) is 11.8. The summed E-state index contributed by atoms with van der Waals surface area (Å²) in [6.07, 6.45) is 7.29. The van der Waals surface area contributed by atoms with Crippen molar-refractivity contribution >= 4 is 5.69 Å². The molecule has 1 aliphatic heterocycles. The molecule has 1 aromatic carbocycles. The first-order valence-electron chi connectivity index (χ1n) is 9.12. The van der Waals surface area contributed by atoms with Gasteiger partial charge in [-0.1, -0.05) is 12.1 Å². The molecule has 2 aliphatic rings. The van der Waals surface area contributed by atoms with E-state index in [1.54, 1.807) is 7.11 Å². The van der Waals surface area contributed by atoms with Crippen molar-refractivity contribution in [2.24, 2.45) is 0 Å². The van der Waals surface area contributed by atoms with E-state index >= 15 is 0 Å². The Kier molecular flexibility index (Phi) is 4.48. The van der Waals surface area contributed by atoms with Gasteiger partial charge in [0.25, 0.3) is 0 Å². The number of hydrogen-bond donors (Lipinski definition) is 1. The minimum atomic E-state index is 0.610. The van der Waals surface area contributed by atoms with Gasteiger partial charge in [-0.15, -0.1) is 0 Å². The number of anilines is 1. The van der Waals surface area contributed by atoms with Crippen molar-refractivity contribution in [2.75, 3.05) is 25.1 Å². The second-order valence-electron chi connectivity index (χ2n) is 6.95. The quantitative estimate of drug-likeness (QED) is 0.880. The fourth-order valence-corrected chi connectivity index (χ4v) is 3.75. The molecule has 24 heavy (non-hydrogen) atoms. The van der Waals surface area contributed by atoms with Crippen molar-refractivity contribution in [3.63, 3.8) is 0 Å². The Labute approximate surface area is 144 Å². The molecule has 0 bridgehead atoms. The van der Waals surface area contributed by atoms with Gasteiger partial charge in [-0.3, -0.25) is 0 Å². The average Bonchev–Trinajstić information content (AvgIpc) is 3.38. The molecule has 0 unspecified atom stereocenters. The van der Waals surface area contributed by atoms with Crippen LogP contribution < -0.4 is 15.0 Å². The summed E-state index contributed by atoms with van der Waals surface area (Å²) in [5.74, 6) is 0.978. The van der Waals surface area contributed by atoms with Crippen LogP contribution in [0.3, 0.4) is 0 Å². The Bertz CT molecular complexity index is 669. The van der Waals surface area contributed by atoms with E-state index in [4.69, 9.17) is 4.74 Å². The van der Waals surface area contributed by atoms with Crippen molar-refractivity contribution < 1.29 is 4.74 Å². The number of para-hydroxylation sites is 2. The van der Waals surface area contributed by atoms with Gasteiger partial charge in [0, 0.05) is 43.6 Å². The zero-order valence-corrected chi connectivity index (χ0v) is 14.4. The van der Waals surface area contributed by atoms with Gasteiger partial charge in [0.1, 0.15) is 5.75 Å². The van der Waals surface area contributed by atoms with Crippen LogP contribution in [-0.4, -0.2) is 30.8 Å². The predicted molar refractivity (Wildman–Crippen MR) is 97.8 cm³/mol. The summed E-state index contributed by atoms with van der Waals surface area (Å²) in [7, 11) is 1.75. The first-order valence-corrected chi connectivity index (χ1v) is 9.12. The summed E-state index contributed by atoms with van der Waals surface area (Å²) in [4.78, 5) is 2.45. The Morgan fingerprint density at radius 2 is 1.83 bits per heavy atom. The van der Waals surface area contributed by atoms with Crippen molar-refractivity contribution in [2.45, 2.75) is 44.3 Å². The lowest BCUT2D eigenvalue weighted by Gasteiger charge is -2.34. The number of ether oxygens (including phenoxy) is 1. The third-order valence-corrected chi connectivity index (χ3v) is 5.30. The number of methoxy groups -OCH3 is 1. The molecule has 4 nitrogen and oxygen atoms in total. The van der Waals surface area contributed by atoms with Gasteiger partial charge in [-0.25, -0.2) is 0 Å². The first kappa shape index (κ1) is 15.6. The number of piperidine rings is 1. The minimum Gasteiger partial charge on any atom is -0.495 e. The molecule has 2 fully saturated rings. The highest BCUT2D eigenvalue weighted by Crippen LogP contribution is 2.36. The van der Waals surface area contributed by atoms with Gasteiger partial charge >= 0.3 is 0 Å². The number of rotatable bonds is 6. The van der Waals surface area contributed by atoms with Gasteiger partial charge in [0.2, 0.25) is 0 Å². The summed E-state index contributed by atoms with van der Waals surface area (Å²) in [6, 6.07) is 14.2. The lowest BCUT2D eigenvalue weighted by atomic mass is 10.0. The highest BCUT2D eigenvalue weighted by molar-refractivity contribution is 5.58. The zero-order valence-electron chi connectivity index (χ0n) is 14.4. The standard InChI is InChI=1S/C20H27N3O/c1-24-20-7-3-2-6-19(20)22-13-10-16(11-14-22)21-15-18-5-4-12-23(18)17-8-9-17/h2-7,12,16-17,21H,8-11,13-15H2,1H3. The smallest absolute Gasteiger partial charge is 0.142 e. The minimum absolute atomic E-state index is 0.610. The number of hydrogen-bond acceptors (Lipinski definition) is 3. The van der Waals surface area contributed by atoms with Crippen molar-refractivity contribution in [1.29, 1.82) is 0 Å². The van der Waals surface area contributed by atoms with Crippen LogP contribution in [0.25, 0.3) is 0 Å². The van der Waals surface area contributed by atoms with Crippen LogP contribution in [0, 0.1) is 0 Å². The van der Waals surface area contributed by atoms with Crippen molar-refractivity contribution in [3.8, 4) is 5.75 Å². The lowest BCUT2D eigenvalue weighted by Crippen LogP contribution is -2.42. The van der Waals surface area contributed by atoms with Crippen LogP contribution >= 0.6 is 0 Å². The topological polar surface area (TPSA) is 29.4 Å². The van der Waals surface area contributed by atoms with Crippen LogP contribution in [0.2, 0.25) is 0 Å². The van der Waals surface area contributed by atoms with E-state index in [0.29, 0.717) is 6.04 Å². The normalized spacial score (nSPS) is 18.8. The molecule has 1 saturated heterocycles. The maximum Gasteiger partial charge on any atom is 0.142 e. The van der Waals surface area contributed by atoms with Gasteiger partial charge in [-0.2, -0.15) is 0 Å². The molecule has 4 heteroatoms. The van der Waals surface area contributed by atoms with Crippen LogP contribution in [0.15, 0.2) is 42.6 Å². The SMILES string of the molecule is COc1ccccc1N1CCC(NCc2cccn2C2CC2)CC1. The maximum atomic E-state index is 5.50. The molecule has 1 N–H and O–H groups in total. The molecule has 1 aliphatic carbocycles. The van der Waals surface area contributed by atoms with E-state index in [1.165, 1.54) is 37.1 Å². The monoisotopic (exact) mass is 325 g/mol. The molecule has 128 valence electrons. The van der Waals surface area contributed by atoms with E-state index in [0.717, 1.165) is 31.4 Å². The van der Waals surface area contributed by atoms with E-state index in [1.807, 2.05) is 12.1 Å². The van der Waals surface area contributed by atoms with Gasteiger partial charge < -0.3 is 19.5 Å². The Hall–Kier alpha value is -1.94. The zero-order chi connectivity index (χ0) is 16.4. The molecular weight excluding hydrogens is 298 g/mol. The van der Waals surface area contributed by atoms with Crippen LogP contribution in [0.4, 0.5) is 5.69 Å². The summed E-state index contributed by atoms with van der Waals surface area (Å²) in [5, 5.41) is 3.77. The Morgan fingerprint density at radius 1 is 1.04 bits per heavy atom. The maximum absolute atomic E-state index is 5.50. The highest BCUT2D eigenvalue weighted by Gasteiger charge is 2.25. The van der Waals surface area contributed by atoms with E-state index < -0.39 is 0 Å². The molecular formula is C20H27N3O. The van der Waals surface area contributed by atoms with Crippen molar-refractivity contribution in [3.05, 3.63) is 48.3 Å². The van der Waals surface area contributed by atoms with E-state index in [-0.39, 0.29) is 0 Å². The average molecular weight is 325 g/mol. The summed E-state index contributed by atoms with van der Waals surface area (Å²) >= 11 is 0. The van der Waals surface area contributed by atoms with Crippen molar-refractivity contribution in [1.82, 2.24) is 9.88 Å². The number of nitrogens with zero attached hydrogens (tertiary/aromatic N) is 2. The summed E-state index contributed by atoms with van der Waals surface area (Å²) in [5.41, 5.74) is 2.66. The molecule has 2 heterocycles. The lowest BCUT2D eigenvalue weighted by molar-refractivity contribution is 0.395. The van der Waals surface area contributed by atoms with E-state index in [9.17, 15) is 0 Å². The predicted octanol–water partition coefficient (Wildman–Crippen LogP) is 3.59. The van der Waals surface area contributed by atoms with Gasteiger partial charge in [-0.05, 0) is 49.9 Å². The number of aromatic nitrogens is 1. The third-order valence-electron chi connectivity index (χ3n) is 5.30. The fourth-order valence-electron chi connectivity index (χ4n) is 3.75. The van der Waals surface area contributed by atoms with Gasteiger partial charge in [0.05, 0.1) is 12.8 Å². The fraction of sp³-hybridized carbons (Fsp3) is 0.500. The molecule has 0 radical (unpaired) electrons. The van der Waals surface area contributed by atoms with Crippen LogP contribution in [0.1, 0.15) is 37.4 Å². The highest BCUT2D eigenvalue weighted by atomic mass is 16.5. The second-order valence-corrected chi connectivity index (χ2v) is 6.95. The Morgan fingerprint density at radius 3 is 2.58 bits per heavy atom. The number of benzene rings is 1. The van der Waals surface area contributed by atoms with E-state index in [2.05, 4.69) is 45.2 Å². The van der Waals surface area contributed by atoms with Gasteiger partial charge in [0.15, 0.2) is 0 Å². The number of nitrogens with one attached hydrogen (secondary N) is 1. The third kappa shape index (κ3) is 3.29. The largest absolute Gasteiger partial charge is 0.495 e. The molecule has 4 rings (SSSR count). The molecule has 2 aromatic rings.